The number of benzene rings is 2. The minimum absolute atomic E-state index is 0.329. The number of hydrogen-bond acceptors (Lipinski definition) is 4. The average Bonchev–Trinajstić information content (AvgIpc) is 2.86. The molecule has 3 rings (SSSR count). The first kappa shape index (κ1) is 17.8. The number of imide groups is 1. The van der Waals surface area contributed by atoms with E-state index in [0.29, 0.717) is 16.7 Å². The molecule has 1 fully saturated rings. The molecule has 2 aromatic rings. The van der Waals surface area contributed by atoms with Crippen molar-refractivity contribution in [2.24, 2.45) is 0 Å². The molecule has 1 atom stereocenters. The van der Waals surface area contributed by atoms with Crippen LogP contribution in [0.3, 0.4) is 0 Å². The fourth-order valence-electron chi connectivity index (χ4n) is 2.78. The van der Waals surface area contributed by atoms with E-state index in [2.05, 4.69) is 21.2 Å². The van der Waals surface area contributed by atoms with Crippen LogP contribution in [-0.2, 0) is 10.3 Å². The average molecular weight is 412 g/mol. The molecule has 7 heteroatoms. The molecule has 0 spiro atoms. The fraction of sp³-hybridized carbons (Fsp3) is 0.158. The molecular formula is C19H14BrN3O3. The van der Waals surface area contributed by atoms with Crippen molar-refractivity contribution >= 4 is 33.7 Å². The highest BCUT2D eigenvalue weighted by Gasteiger charge is 2.49. The van der Waals surface area contributed by atoms with Gasteiger partial charge in [-0.15, -0.1) is 0 Å². The first-order chi connectivity index (χ1) is 12.3. The summed E-state index contributed by atoms with van der Waals surface area (Å²) in [6.07, 6.45) is 0. The molecule has 1 aliphatic rings. The summed E-state index contributed by atoms with van der Waals surface area (Å²) in [4.78, 5) is 38.5. The van der Waals surface area contributed by atoms with E-state index in [0.717, 1.165) is 9.37 Å². The number of amides is 3. The number of carbonyl (C=O) groups excluding carboxylic acids is 3. The van der Waals surface area contributed by atoms with Gasteiger partial charge in [0.1, 0.15) is 5.54 Å². The third kappa shape index (κ3) is 3.11. The maximum atomic E-state index is 12.8. The van der Waals surface area contributed by atoms with Crippen LogP contribution in [0.1, 0.15) is 28.4 Å². The third-order valence-corrected chi connectivity index (χ3v) is 4.86. The molecule has 3 amide bonds. The summed E-state index contributed by atoms with van der Waals surface area (Å²) in [5.41, 5.74) is 0.149. The predicted molar refractivity (Wildman–Crippen MR) is 97.2 cm³/mol. The number of rotatable bonds is 4. The van der Waals surface area contributed by atoms with Gasteiger partial charge in [-0.25, -0.2) is 4.79 Å². The monoisotopic (exact) mass is 411 g/mol. The lowest BCUT2D eigenvalue weighted by molar-refractivity contribution is -0.130. The van der Waals surface area contributed by atoms with Crippen LogP contribution in [0.15, 0.2) is 53.0 Å². The van der Waals surface area contributed by atoms with E-state index in [9.17, 15) is 14.4 Å². The number of halogens is 1. The molecule has 130 valence electrons. The van der Waals surface area contributed by atoms with E-state index in [1.807, 2.05) is 6.07 Å². The van der Waals surface area contributed by atoms with Gasteiger partial charge in [-0.2, -0.15) is 5.26 Å². The summed E-state index contributed by atoms with van der Waals surface area (Å²) in [6.45, 7) is 1.25. The van der Waals surface area contributed by atoms with Gasteiger partial charge in [-0.05, 0) is 36.8 Å². The van der Waals surface area contributed by atoms with Gasteiger partial charge in [0.15, 0.2) is 5.78 Å². The van der Waals surface area contributed by atoms with Crippen LogP contribution in [0.25, 0.3) is 0 Å². The molecule has 0 bridgehead atoms. The number of Topliss-reactive ketones (excluding diaryl/α,β-unsaturated/α-hetero) is 1. The molecule has 0 aliphatic carbocycles. The summed E-state index contributed by atoms with van der Waals surface area (Å²) >= 11 is 3.29. The number of hydrogen-bond donors (Lipinski definition) is 1. The maximum Gasteiger partial charge on any atom is 0.325 e. The summed E-state index contributed by atoms with van der Waals surface area (Å²) in [6, 6.07) is 14.5. The number of nitriles is 1. The SMILES string of the molecule is CC1(c2ccc(C#N)cc2)NC(=O)N(CC(=O)c2ccc(Br)cc2)C1=O. The van der Waals surface area contributed by atoms with Crippen molar-refractivity contribution < 1.29 is 14.4 Å². The fourth-order valence-corrected chi connectivity index (χ4v) is 3.05. The number of ketones is 1. The Balaban J connectivity index is 1.83. The number of nitrogens with zero attached hydrogens (tertiary/aromatic N) is 2. The predicted octanol–water partition coefficient (Wildman–Crippen LogP) is 2.97. The van der Waals surface area contributed by atoms with E-state index in [1.54, 1.807) is 55.5 Å². The largest absolute Gasteiger partial charge is 0.325 e. The Hall–Kier alpha value is -2.98. The van der Waals surface area contributed by atoms with Gasteiger partial charge in [0.25, 0.3) is 5.91 Å². The van der Waals surface area contributed by atoms with E-state index < -0.39 is 17.5 Å². The van der Waals surface area contributed by atoms with Gasteiger partial charge in [-0.3, -0.25) is 14.5 Å². The first-order valence-corrected chi connectivity index (χ1v) is 8.58. The van der Waals surface area contributed by atoms with Crippen molar-refractivity contribution in [2.45, 2.75) is 12.5 Å². The van der Waals surface area contributed by atoms with Crippen LogP contribution in [0, 0.1) is 11.3 Å². The van der Waals surface area contributed by atoms with Crippen LogP contribution < -0.4 is 5.32 Å². The minimum Gasteiger partial charge on any atom is -0.319 e. The topological polar surface area (TPSA) is 90.3 Å². The summed E-state index contributed by atoms with van der Waals surface area (Å²) in [7, 11) is 0. The van der Waals surface area contributed by atoms with Gasteiger partial charge < -0.3 is 5.32 Å². The normalized spacial score (nSPS) is 19.2. The van der Waals surface area contributed by atoms with Gasteiger partial charge in [0, 0.05) is 10.0 Å². The molecule has 1 saturated heterocycles. The van der Waals surface area contributed by atoms with Gasteiger partial charge in [-0.1, -0.05) is 40.2 Å². The summed E-state index contributed by atoms with van der Waals surface area (Å²) in [5.74, 6) is -0.831. The standard InChI is InChI=1S/C19H14BrN3O3/c1-19(14-6-2-12(10-21)3-7-14)17(25)23(18(26)22-19)11-16(24)13-4-8-15(20)9-5-13/h2-9H,11H2,1H3,(H,22,26). The van der Waals surface area contributed by atoms with Crippen molar-refractivity contribution in [3.63, 3.8) is 0 Å². The Kier molecular flexibility index (Phi) is 4.62. The lowest BCUT2D eigenvalue weighted by Crippen LogP contribution is -2.41. The van der Waals surface area contributed by atoms with Gasteiger partial charge >= 0.3 is 6.03 Å². The smallest absolute Gasteiger partial charge is 0.319 e. The lowest BCUT2D eigenvalue weighted by atomic mass is 9.91. The Morgan fingerprint density at radius 3 is 2.35 bits per heavy atom. The highest BCUT2D eigenvalue weighted by atomic mass is 79.9. The Morgan fingerprint density at radius 2 is 1.77 bits per heavy atom. The van der Waals surface area contributed by atoms with Crippen molar-refractivity contribution in [1.29, 1.82) is 5.26 Å². The zero-order chi connectivity index (χ0) is 18.9. The molecular weight excluding hydrogens is 398 g/mol. The number of urea groups is 1. The molecule has 26 heavy (non-hydrogen) atoms. The van der Waals surface area contributed by atoms with Crippen LogP contribution in [0.2, 0.25) is 0 Å². The van der Waals surface area contributed by atoms with E-state index in [1.165, 1.54) is 0 Å². The second-order valence-electron chi connectivity index (χ2n) is 6.07. The number of carbonyl (C=O) groups is 3. The molecule has 0 saturated carbocycles. The highest BCUT2D eigenvalue weighted by Crippen LogP contribution is 2.29. The van der Waals surface area contributed by atoms with Crippen molar-refractivity contribution in [2.75, 3.05) is 6.54 Å². The Bertz CT molecular complexity index is 932. The van der Waals surface area contributed by atoms with E-state index >= 15 is 0 Å². The molecule has 2 aromatic carbocycles. The van der Waals surface area contributed by atoms with Crippen molar-refractivity contribution in [3.05, 3.63) is 69.7 Å². The molecule has 1 heterocycles. The molecule has 1 N–H and O–H groups in total. The van der Waals surface area contributed by atoms with Gasteiger partial charge in [0.05, 0.1) is 18.2 Å². The number of nitrogens with one attached hydrogen (secondary N) is 1. The maximum absolute atomic E-state index is 12.8. The molecule has 0 aromatic heterocycles. The summed E-state index contributed by atoms with van der Waals surface area (Å²) in [5, 5.41) is 11.5. The van der Waals surface area contributed by atoms with Crippen molar-refractivity contribution in [1.82, 2.24) is 10.2 Å². The molecule has 1 aliphatic heterocycles. The molecule has 1 unspecified atom stereocenters. The first-order valence-electron chi connectivity index (χ1n) is 7.78. The van der Waals surface area contributed by atoms with E-state index in [-0.39, 0.29) is 12.3 Å². The van der Waals surface area contributed by atoms with Crippen molar-refractivity contribution in [3.8, 4) is 6.07 Å². The van der Waals surface area contributed by atoms with Gasteiger partial charge in [0.2, 0.25) is 0 Å². The third-order valence-electron chi connectivity index (χ3n) is 4.33. The second-order valence-corrected chi connectivity index (χ2v) is 6.98. The minimum atomic E-state index is -1.27. The molecule has 6 nitrogen and oxygen atoms in total. The van der Waals surface area contributed by atoms with Crippen LogP contribution >= 0.6 is 15.9 Å². The lowest BCUT2D eigenvalue weighted by Gasteiger charge is -2.22. The summed E-state index contributed by atoms with van der Waals surface area (Å²) < 4.78 is 0.831. The van der Waals surface area contributed by atoms with Crippen LogP contribution in [-0.4, -0.2) is 29.2 Å². The quantitative estimate of drug-likeness (QED) is 0.618. The highest BCUT2D eigenvalue weighted by molar-refractivity contribution is 9.10. The van der Waals surface area contributed by atoms with Crippen LogP contribution in [0.4, 0.5) is 4.79 Å². The Morgan fingerprint density at radius 1 is 1.15 bits per heavy atom. The van der Waals surface area contributed by atoms with Crippen LogP contribution in [0.5, 0.6) is 0 Å². The molecule has 0 radical (unpaired) electrons. The second kappa shape index (κ2) is 6.73. The zero-order valence-electron chi connectivity index (χ0n) is 13.8. The Labute approximate surface area is 158 Å². The van der Waals surface area contributed by atoms with E-state index in [4.69, 9.17) is 5.26 Å². The zero-order valence-corrected chi connectivity index (χ0v) is 15.4.